The van der Waals surface area contributed by atoms with Crippen LogP contribution in [0.4, 0.5) is 18.3 Å². The van der Waals surface area contributed by atoms with Crippen LogP contribution in [0.5, 0.6) is 0 Å². The van der Waals surface area contributed by atoms with Crippen molar-refractivity contribution in [3.8, 4) is 11.1 Å². The van der Waals surface area contributed by atoms with E-state index in [0.29, 0.717) is 11.3 Å². The molecular weight excluding hydrogens is 463 g/mol. The van der Waals surface area contributed by atoms with Gasteiger partial charge in [-0.3, -0.25) is 9.69 Å². The molecule has 0 radical (unpaired) electrons. The number of likely N-dealkylation sites (N-methyl/N-ethyl adjacent to an activating group) is 1. The molecule has 0 unspecified atom stereocenters. The summed E-state index contributed by atoms with van der Waals surface area (Å²) in [6.45, 7) is -0.321. The van der Waals surface area contributed by atoms with Gasteiger partial charge in [-0.15, -0.1) is 0 Å². The summed E-state index contributed by atoms with van der Waals surface area (Å²) >= 11 is 0.640. The van der Waals surface area contributed by atoms with Crippen molar-refractivity contribution in [3.05, 3.63) is 65.9 Å². The second-order valence-electron chi connectivity index (χ2n) is 7.00. The van der Waals surface area contributed by atoms with E-state index in [9.17, 15) is 26.4 Å². The summed E-state index contributed by atoms with van der Waals surface area (Å²) in [5.41, 5.74) is 2.83. The summed E-state index contributed by atoms with van der Waals surface area (Å²) in [5.74, 6) is -0.335. The second kappa shape index (κ2) is 9.39. The number of hydrogen-bond acceptors (Lipinski definition) is 5. The van der Waals surface area contributed by atoms with Crippen molar-refractivity contribution < 1.29 is 26.4 Å². The molecule has 0 saturated carbocycles. The Morgan fingerprint density at radius 2 is 1.66 bits per heavy atom. The number of nitrogens with one attached hydrogen (secondary N) is 1. The van der Waals surface area contributed by atoms with Gasteiger partial charge in [0.1, 0.15) is 6.54 Å². The molecule has 1 aromatic heterocycles. The monoisotopic (exact) mass is 483 g/mol. The summed E-state index contributed by atoms with van der Waals surface area (Å²) in [4.78, 5) is 17.9. The van der Waals surface area contributed by atoms with E-state index in [0.717, 1.165) is 16.7 Å². The molecule has 170 valence electrons. The maximum atomic E-state index is 12.7. The lowest BCUT2D eigenvalue weighted by Crippen LogP contribution is -2.33. The van der Waals surface area contributed by atoms with Crippen LogP contribution in [-0.2, 0) is 21.2 Å². The molecule has 32 heavy (non-hydrogen) atoms. The number of carbonyl (C=O) groups is 1. The zero-order chi connectivity index (χ0) is 23.5. The molecule has 0 aliphatic heterocycles. The molecule has 0 spiro atoms. The Hall–Kier alpha value is -2.76. The third-order valence-electron chi connectivity index (χ3n) is 4.53. The quantitative estimate of drug-likeness (QED) is 0.547. The van der Waals surface area contributed by atoms with E-state index in [1.807, 2.05) is 54.6 Å². The molecule has 2 aromatic carbocycles. The van der Waals surface area contributed by atoms with Gasteiger partial charge in [0.15, 0.2) is 9.34 Å². The number of rotatable bonds is 7. The molecule has 1 amide bonds. The van der Waals surface area contributed by atoms with E-state index < -0.39 is 22.7 Å². The van der Waals surface area contributed by atoms with Gasteiger partial charge in [0.25, 0.3) is 10.0 Å². The normalized spacial score (nSPS) is 12.0. The first-order valence-electron chi connectivity index (χ1n) is 9.41. The van der Waals surface area contributed by atoms with E-state index in [2.05, 4.69) is 4.98 Å². The number of carbonyl (C=O) groups excluding carboxylic acids is 1. The van der Waals surface area contributed by atoms with E-state index >= 15 is 0 Å². The smallest absolute Gasteiger partial charge is 0.291 e. The van der Waals surface area contributed by atoms with E-state index in [1.165, 1.54) is 23.6 Å². The Labute approximate surface area is 187 Å². The largest absolute Gasteiger partial charge is 0.402 e. The average Bonchev–Trinajstić information content (AvgIpc) is 3.15. The molecule has 3 aromatic rings. The molecule has 11 heteroatoms. The number of anilines is 1. The van der Waals surface area contributed by atoms with Crippen molar-refractivity contribution in [1.82, 2.24) is 9.71 Å². The van der Waals surface area contributed by atoms with Crippen LogP contribution in [0.15, 0.2) is 58.8 Å². The molecule has 1 N–H and O–H groups in total. The molecule has 0 saturated heterocycles. The minimum absolute atomic E-state index is 0.0199. The van der Waals surface area contributed by atoms with Gasteiger partial charge in [0.2, 0.25) is 5.91 Å². The predicted octanol–water partition coefficient (Wildman–Crippen LogP) is 4.16. The number of alkyl halides is 3. The predicted molar refractivity (Wildman–Crippen MR) is 117 cm³/mol. The first-order valence-corrected chi connectivity index (χ1v) is 11.7. The zero-order valence-electron chi connectivity index (χ0n) is 17.2. The summed E-state index contributed by atoms with van der Waals surface area (Å²) in [5, 5.41) is 0.0841. The summed E-state index contributed by atoms with van der Waals surface area (Å²) in [6, 6.07) is 17.2. The highest BCUT2D eigenvalue weighted by Gasteiger charge is 2.32. The molecule has 0 aliphatic rings. The summed E-state index contributed by atoms with van der Waals surface area (Å²) < 4.78 is 62.7. The molecule has 6 nitrogen and oxygen atoms in total. The fourth-order valence-corrected chi connectivity index (χ4v) is 5.39. The van der Waals surface area contributed by atoms with Gasteiger partial charge in [-0.25, -0.2) is 18.1 Å². The second-order valence-corrected chi connectivity index (χ2v) is 9.94. The fourth-order valence-electron chi connectivity index (χ4n) is 2.85. The van der Waals surface area contributed by atoms with E-state index in [-0.39, 0.29) is 27.4 Å². The van der Waals surface area contributed by atoms with Crippen LogP contribution in [0.3, 0.4) is 0 Å². The topological polar surface area (TPSA) is 79.4 Å². The molecule has 1 heterocycles. The van der Waals surface area contributed by atoms with Crippen LogP contribution in [0, 0.1) is 6.92 Å². The van der Waals surface area contributed by atoms with Crippen LogP contribution >= 0.6 is 11.3 Å². The highest BCUT2D eigenvalue weighted by molar-refractivity contribution is 7.91. The van der Waals surface area contributed by atoms with Gasteiger partial charge in [-0.2, -0.15) is 13.2 Å². The number of amides is 1. The molecule has 0 atom stereocenters. The minimum Gasteiger partial charge on any atom is -0.291 e. The Balaban J connectivity index is 1.70. The Bertz CT molecular complexity index is 1190. The lowest BCUT2D eigenvalue weighted by molar-refractivity contribution is -0.121. The van der Waals surface area contributed by atoms with Crippen molar-refractivity contribution in [1.29, 1.82) is 0 Å². The fraction of sp³-hybridized carbons (Fsp3) is 0.238. The summed E-state index contributed by atoms with van der Waals surface area (Å²) in [7, 11) is -2.96. The van der Waals surface area contributed by atoms with Crippen LogP contribution in [-0.4, -0.2) is 39.1 Å². The zero-order valence-corrected chi connectivity index (χ0v) is 18.8. The van der Waals surface area contributed by atoms with Gasteiger partial charge in [-0.05, 0) is 23.6 Å². The van der Waals surface area contributed by atoms with E-state index in [1.54, 1.807) is 0 Å². The highest BCUT2D eigenvalue weighted by Crippen LogP contribution is 2.30. The molecule has 3 rings (SSSR count). The average molecular weight is 484 g/mol. The van der Waals surface area contributed by atoms with Gasteiger partial charge in [0.05, 0.1) is 12.1 Å². The number of nitrogens with zero attached hydrogens (tertiary/aromatic N) is 2. The van der Waals surface area contributed by atoms with Gasteiger partial charge < -0.3 is 0 Å². The van der Waals surface area contributed by atoms with Crippen LogP contribution < -0.4 is 9.62 Å². The molecular formula is C21H20F3N3O3S2. The number of hydrogen-bond donors (Lipinski definition) is 1. The van der Waals surface area contributed by atoms with Gasteiger partial charge >= 0.3 is 6.18 Å². The maximum absolute atomic E-state index is 12.7. The van der Waals surface area contributed by atoms with Crippen LogP contribution in [0.1, 0.15) is 11.3 Å². The van der Waals surface area contributed by atoms with Crippen molar-refractivity contribution in [2.24, 2.45) is 0 Å². The SMILES string of the molecule is Cc1nc(N(C)C(=O)Cc2ccc(-c3ccccc3)cc2)sc1S(=O)(=O)NCC(F)(F)F. The van der Waals surface area contributed by atoms with Crippen LogP contribution in [0.25, 0.3) is 11.1 Å². The van der Waals surface area contributed by atoms with Crippen LogP contribution in [0.2, 0.25) is 0 Å². The molecule has 0 fully saturated rings. The highest BCUT2D eigenvalue weighted by atomic mass is 32.2. The third-order valence-corrected chi connectivity index (χ3v) is 7.77. The number of aryl methyl sites for hydroxylation is 1. The number of aromatic nitrogens is 1. The van der Waals surface area contributed by atoms with E-state index in [4.69, 9.17) is 0 Å². The third kappa shape index (κ3) is 5.93. The number of halogens is 3. The van der Waals surface area contributed by atoms with Crippen molar-refractivity contribution in [2.75, 3.05) is 18.5 Å². The Morgan fingerprint density at radius 3 is 2.25 bits per heavy atom. The lowest BCUT2D eigenvalue weighted by Gasteiger charge is -2.14. The van der Waals surface area contributed by atoms with Gasteiger partial charge in [-0.1, -0.05) is 65.9 Å². The first kappa shape index (κ1) is 23.9. The minimum atomic E-state index is -4.68. The first-order chi connectivity index (χ1) is 15.0. The van der Waals surface area contributed by atoms with Crippen molar-refractivity contribution >= 4 is 32.4 Å². The Kier molecular flexibility index (Phi) is 7.01. The standard InChI is InChI=1S/C21H20F3N3O3S2/c1-14-19(32(29,30)25-13-21(22,23)24)31-20(26-14)27(2)18(28)12-15-8-10-17(11-9-15)16-6-4-3-5-7-16/h3-11,25H,12-13H2,1-2H3. The van der Waals surface area contributed by atoms with Gasteiger partial charge in [0, 0.05) is 7.05 Å². The molecule has 0 bridgehead atoms. The van der Waals surface area contributed by atoms with Crippen molar-refractivity contribution in [2.45, 2.75) is 23.7 Å². The molecule has 0 aliphatic carbocycles. The maximum Gasteiger partial charge on any atom is 0.402 e. The van der Waals surface area contributed by atoms with Crippen molar-refractivity contribution in [3.63, 3.8) is 0 Å². The number of sulfonamides is 1. The lowest BCUT2D eigenvalue weighted by atomic mass is 10.0. The summed E-state index contributed by atoms with van der Waals surface area (Å²) in [6.07, 6.45) is -4.63. The number of benzene rings is 2. The Morgan fingerprint density at radius 1 is 1.06 bits per heavy atom. The number of thiazole rings is 1.